The van der Waals surface area contributed by atoms with Crippen molar-refractivity contribution >= 4 is 0 Å². The van der Waals surface area contributed by atoms with Crippen LogP contribution in [-0.2, 0) is 6.42 Å². The van der Waals surface area contributed by atoms with E-state index < -0.39 is 0 Å². The molecule has 0 fully saturated rings. The molecule has 0 aliphatic carbocycles. The van der Waals surface area contributed by atoms with Crippen LogP contribution in [0, 0.1) is 0 Å². The molecular weight excluding hydrogens is 158 g/mol. The lowest BCUT2D eigenvalue weighted by atomic mass is 9.96. The summed E-state index contributed by atoms with van der Waals surface area (Å²) >= 11 is 0. The zero-order valence-corrected chi connectivity index (χ0v) is 8.59. The molecule has 0 bridgehead atoms. The van der Waals surface area contributed by atoms with E-state index in [1.807, 2.05) is 0 Å². The SMILES string of the molecule is CCc1ccc([C@@H](C)CCN)cc1. The first kappa shape index (κ1) is 10.3. The van der Waals surface area contributed by atoms with E-state index in [4.69, 9.17) is 5.73 Å². The highest BCUT2D eigenvalue weighted by Crippen LogP contribution is 2.18. The van der Waals surface area contributed by atoms with Gasteiger partial charge in [0.1, 0.15) is 0 Å². The van der Waals surface area contributed by atoms with Gasteiger partial charge < -0.3 is 5.73 Å². The average Bonchev–Trinajstić information content (AvgIpc) is 2.18. The maximum Gasteiger partial charge on any atom is -0.00715 e. The number of hydrogen-bond donors (Lipinski definition) is 1. The highest BCUT2D eigenvalue weighted by Gasteiger charge is 2.03. The van der Waals surface area contributed by atoms with Crippen LogP contribution in [0.2, 0.25) is 0 Å². The van der Waals surface area contributed by atoms with Crippen LogP contribution in [0.1, 0.15) is 37.3 Å². The second-order valence-corrected chi connectivity index (χ2v) is 3.57. The van der Waals surface area contributed by atoms with Crippen molar-refractivity contribution in [3.8, 4) is 0 Å². The predicted octanol–water partition coefficient (Wildman–Crippen LogP) is 2.70. The van der Waals surface area contributed by atoms with E-state index in [-0.39, 0.29) is 0 Å². The Labute approximate surface area is 81.0 Å². The summed E-state index contributed by atoms with van der Waals surface area (Å²) in [4.78, 5) is 0. The molecule has 1 nitrogen and oxygen atoms in total. The Hall–Kier alpha value is -0.820. The van der Waals surface area contributed by atoms with Crippen molar-refractivity contribution in [1.82, 2.24) is 0 Å². The normalized spacial score (nSPS) is 12.8. The van der Waals surface area contributed by atoms with Crippen molar-refractivity contribution in [2.24, 2.45) is 5.73 Å². The molecule has 72 valence electrons. The zero-order valence-electron chi connectivity index (χ0n) is 8.59. The number of aryl methyl sites for hydroxylation is 1. The van der Waals surface area contributed by atoms with Gasteiger partial charge in [0.05, 0.1) is 0 Å². The highest BCUT2D eigenvalue weighted by atomic mass is 14.5. The third-order valence-electron chi connectivity index (χ3n) is 2.56. The molecule has 1 heteroatoms. The molecule has 0 aromatic heterocycles. The van der Waals surface area contributed by atoms with Gasteiger partial charge in [-0.2, -0.15) is 0 Å². The zero-order chi connectivity index (χ0) is 9.68. The van der Waals surface area contributed by atoms with Gasteiger partial charge in [0.25, 0.3) is 0 Å². The van der Waals surface area contributed by atoms with E-state index in [1.54, 1.807) is 0 Å². The van der Waals surface area contributed by atoms with Crippen LogP contribution in [-0.4, -0.2) is 6.54 Å². The largest absolute Gasteiger partial charge is 0.330 e. The minimum atomic E-state index is 0.593. The Balaban J connectivity index is 2.67. The molecule has 0 aliphatic rings. The fraction of sp³-hybridized carbons (Fsp3) is 0.500. The molecule has 1 atom stereocenters. The fourth-order valence-electron chi connectivity index (χ4n) is 1.50. The summed E-state index contributed by atoms with van der Waals surface area (Å²) in [6.45, 7) is 5.18. The molecule has 1 aromatic rings. The van der Waals surface area contributed by atoms with Crippen LogP contribution in [0.3, 0.4) is 0 Å². The van der Waals surface area contributed by atoms with Gasteiger partial charge in [-0.15, -0.1) is 0 Å². The van der Waals surface area contributed by atoms with Crippen LogP contribution in [0.15, 0.2) is 24.3 Å². The number of benzene rings is 1. The minimum Gasteiger partial charge on any atom is -0.330 e. The lowest BCUT2D eigenvalue weighted by molar-refractivity contribution is 0.690. The van der Waals surface area contributed by atoms with Crippen LogP contribution < -0.4 is 5.73 Å². The average molecular weight is 177 g/mol. The van der Waals surface area contributed by atoms with Crippen LogP contribution in [0.5, 0.6) is 0 Å². The second-order valence-electron chi connectivity index (χ2n) is 3.57. The Morgan fingerprint density at radius 1 is 1.23 bits per heavy atom. The van der Waals surface area contributed by atoms with E-state index >= 15 is 0 Å². The summed E-state index contributed by atoms with van der Waals surface area (Å²) in [6.07, 6.45) is 2.19. The summed E-state index contributed by atoms with van der Waals surface area (Å²) in [5.41, 5.74) is 8.33. The van der Waals surface area contributed by atoms with Gasteiger partial charge in [-0.1, -0.05) is 38.1 Å². The van der Waals surface area contributed by atoms with Crippen molar-refractivity contribution in [1.29, 1.82) is 0 Å². The van der Waals surface area contributed by atoms with Crippen LogP contribution >= 0.6 is 0 Å². The third-order valence-corrected chi connectivity index (χ3v) is 2.56. The van der Waals surface area contributed by atoms with E-state index in [1.165, 1.54) is 11.1 Å². The van der Waals surface area contributed by atoms with Crippen molar-refractivity contribution in [3.05, 3.63) is 35.4 Å². The Bertz CT molecular complexity index is 238. The van der Waals surface area contributed by atoms with Gasteiger partial charge in [0, 0.05) is 0 Å². The summed E-state index contributed by atoms with van der Waals surface area (Å²) in [7, 11) is 0. The smallest absolute Gasteiger partial charge is 0.00715 e. The van der Waals surface area contributed by atoms with E-state index in [2.05, 4.69) is 38.1 Å². The summed E-state index contributed by atoms with van der Waals surface area (Å²) in [5.74, 6) is 0.593. The first-order valence-electron chi connectivity index (χ1n) is 5.06. The molecule has 1 rings (SSSR count). The molecule has 0 amide bonds. The Kier molecular flexibility index (Phi) is 3.97. The van der Waals surface area contributed by atoms with Gasteiger partial charge in [-0.3, -0.25) is 0 Å². The predicted molar refractivity (Wildman–Crippen MR) is 57.9 cm³/mol. The van der Waals surface area contributed by atoms with Crippen molar-refractivity contribution in [2.45, 2.75) is 32.6 Å². The van der Waals surface area contributed by atoms with Crippen molar-refractivity contribution in [2.75, 3.05) is 6.54 Å². The topological polar surface area (TPSA) is 26.0 Å². The van der Waals surface area contributed by atoms with E-state index in [0.29, 0.717) is 5.92 Å². The lowest BCUT2D eigenvalue weighted by Crippen LogP contribution is -2.04. The summed E-state index contributed by atoms with van der Waals surface area (Å²) in [6, 6.07) is 8.86. The van der Waals surface area contributed by atoms with Gasteiger partial charge in [-0.25, -0.2) is 0 Å². The molecule has 0 spiro atoms. The molecule has 2 N–H and O–H groups in total. The monoisotopic (exact) mass is 177 g/mol. The quantitative estimate of drug-likeness (QED) is 0.752. The Morgan fingerprint density at radius 3 is 2.31 bits per heavy atom. The standard InChI is InChI=1S/C12H19N/c1-3-11-4-6-12(7-5-11)10(2)8-9-13/h4-7,10H,3,8-9,13H2,1-2H3/t10-/m0/s1. The first-order chi connectivity index (χ1) is 6.27. The van der Waals surface area contributed by atoms with Crippen molar-refractivity contribution in [3.63, 3.8) is 0 Å². The second kappa shape index (κ2) is 5.03. The number of nitrogens with two attached hydrogens (primary N) is 1. The van der Waals surface area contributed by atoms with E-state index in [0.717, 1.165) is 19.4 Å². The Morgan fingerprint density at radius 2 is 1.85 bits per heavy atom. The molecule has 1 aromatic carbocycles. The molecule has 13 heavy (non-hydrogen) atoms. The van der Waals surface area contributed by atoms with Gasteiger partial charge in [0.2, 0.25) is 0 Å². The molecule has 0 aliphatic heterocycles. The molecular formula is C12H19N. The summed E-state index contributed by atoms with van der Waals surface area (Å²) in [5, 5.41) is 0. The maximum atomic E-state index is 5.52. The first-order valence-corrected chi connectivity index (χ1v) is 5.06. The molecule has 0 saturated carbocycles. The van der Waals surface area contributed by atoms with Gasteiger partial charge >= 0.3 is 0 Å². The van der Waals surface area contributed by atoms with Crippen LogP contribution in [0.4, 0.5) is 0 Å². The highest BCUT2D eigenvalue weighted by molar-refractivity contribution is 5.24. The fourth-order valence-corrected chi connectivity index (χ4v) is 1.50. The van der Waals surface area contributed by atoms with Gasteiger partial charge in [-0.05, 0) is 36.4 Å². The van der Waals surface area contributed by atoms with Crippen molar-refractivity contribution < 1.29 is 0 Å². The number of hydrogen-bond acceptors (Lipinski definition) is 1. The molecule has 0 radical (unpaired) electrons. The minimum absolute atomic E-state index is 0.593. The van der Waals surface area contributed by atoms with Gasteiger partial charge in [0.15, 0.2) is 0 Å². The molecule has 0 heterocycles. The molecule has 0 unspecified atom stereocenters. The number of rotatable bonds is 4. The summed E-state index contributed by atoms with van der Waals surface area (Å²) < 4.78 is 0. The van der Waals surface area contributed by atoms with Crippen LogP contribution in [0.25, 0.3) is 0 Å². The maximum absolute atomic E-state index is 5.52. The lowest BCUT2D eigenvalue weighted by Gasteiger charge is -2.10. The third kappa shape index (κ3) is 2.85. The molecule has 0 saturated heterocycles. The van der Waals surface area contributed by atoms with E-state index in [9.17, 15) is 0 Å².